The first-order valence-corrected chi connectivity index (χ1v) is 10.5. The van der Waals surface area contributed by atoms with Crippen molar-refractivity contribution < 1.29 is 27.4 Å². The first kappa shape index (κ1) is 20.7. The van der Waals surface area contributed by atoms with Gasteiger partial charge in [0.15, 0.2) is 11.5 Å². The van der Waals surface area contributed by atoms with Crippen LogP contribution in [-0.2, 0) is 14.8 Å². The van der Waals surface area contributed by atoms with Gasteiger partial charge in [-0.05, 0) is 36.8 Å². The fourth-order valence-corrected chi connectivity index (χ4v) is 4.02. The van der Waals surface area contributed by atoms with E-state index in [-0.39, 0.29) is 24.2 Å². The van der Waals surface area contributed by atoms with E-state index in [2.05, 4.69) is 9.71 Å². The normalized spacial score (nSPS) is 18.1. The number of benzene rings is 1. The van der Waals surface area contributed by atoms with E-state index < -0.39 is 10.0 Å². The lowest BCUT2D eigenvalue weighted by molar-refractivity contribution is -0.117. The third kappa shape index (κ3) is 4.37. The largest absolute Gasteiger partial charge is 0.493 e. The molecule has 2 heterocycles. The number of hydrogen-bond acceptors (Lipinski definition) is 7. The Morgan fingerprint density at radius 1 is 1.14 bits per heavy atom. The van der Waals surface area contributed by atoms with Crippen LogP contribution in [0, 0.1) is 0 Å². The Balaban J connectivity index is 1.78. The lowest BCUT2D eigenvalue weighted by atomic mass is 10.1. The van der Waals surface area contributed by atoms with Crippen LogP contribution in [0.5, 0.6) is 17.2 Å². The summed E-state index contributed by atoms with van der Waals surface area (Å²) in [4.78, 5) is 14.4. The Labute approximate surface area is 169 Å². The quantitative estimate of drug-likeness (QED) is 0.740. The number of carbonyl (C=O) groups is 1. The molecule has 0 bridgehead atoms. The fraction of sp³-hybridized carbons (Fsp3) is 0.368. The number of amides is 1. The minimum atomic E-state index is -3.43. The molecule has 0 radical (unpaired) electrons. The molecule has 1 N–H and O–H groups in total. The number of sulfonamides is 1. The molecule has 0 aliphatic carbocycles. The van der Waals surface area contributed by atoms with Crippen LogP contribution < -0.4 is 19.5 Å². The van der Waals surface area contributed by atoms with Gasteiger partial charge in [-0.3, -0.25) is 4.79 Å². The van der Waals surface area contributed by atoms with Crippen molar-refractivity contribution in [2.75, 3.05) is 33.6 Å². The summed E-state index contributed by atoms with van der Waals surface area (Å²) in [5.74, 6) is 1.39. The molecule has 0 saturated heterocycles. The maximum absolute atomic E-state index is 12.7. The average molecular weight is 421 g/mol. The summed E-state index contributed by atoms with van der Waals surface area (Å²) in [5, 5.41) is 2.92. The minimum absolute atomic E-state index is 0.0857. The number of carbonyl (C=O) groups excluding carboxylic acids is 1. The molecule has 0 unspecified atom stereocenters. The van der Waals surface area contributed by atoms with Gasteiger partial charge in [0, 0.05) is 12.7 Å². The van der Waals surface area contributed by atoms with Gasteiger partial charge in [0.25, 0.3) is 15.9 Å². The standard InChI is InChI=1S/C19H23N3O6S/c1-12(14-9-15(26-2)18(28-4)16(10-14)27-3)20-19(23)13-5-6-17-21-29(24,25)8-7-22(17)11-13/h5-6,9-12H,7-8H2,1-4H3,(H,20,23)/t12-/m1/s1. The molecular formula is C19H23N3O6S. The number of rotatable bonds is 6. The molecule has 1 aromatic carbocycles. The smallest absolute Gasteiger partial charge is 0.256 e. The van der Waals surface area contributed by atoms with Crippen molar-refractivity contribution in [1.29, 1.82) is 0 Å². The number of amidine groups is 1. The second-order valence-electron chi connectivity index (χ2n) is 6.50. The first-order valence-electron chi connectivity index (χ1n) is 8.88. The molecule has 9 nitrogen and oxygen atoms in total. The number of nitrogens with one attached hydrogen (secondary N) is 1. The highest BCUT2D eigenvalue weighted by Gasteiger charge is 2.25. The molecule has 10 heteroatoms. The zero-order valence-corrected chi connectivity index (χ0v) is 17.4. The summed E-state index contributed by atoms with van der Waals surface area (Å²) in [7, 11) is 1.15. The summed E-state index contributed by atoms with van der Waals surface area (Å²) >= 11 is 0. The number of fused-ring (bicyclic) bond motifs is 1. The van der Waals surface area contributed by atoms with E-state index in [1.165, 1.54) is 27.4 Å². The predicted molar refractivity (Wildman–Crippen MR) is 108 cm³/mol. The van der Waals surface area contributed by atoms with Crippen LogP contribution in [0.2, 0.25) is 0 Å². The van der Waals surface area contributed by atoms with Crippen LogP contribution in [0.25, 0.3) is 0 Å². The van der Waals surface area contributed by atoms with Gasteiger partial charge in [0.05, 0.1) is 38.7 Å². The zero-order valence-electron chi connectivity index (χ0n) is 16.6. The molecule has 1 aromatic rings. The Morgan fingerprint density at radius 2 is 1.79 bits per heavy atom. The van der Waals surface area contributed by atoms with Gasteiger partial charge in [-0.2, -0.15) is 0 Å². The lowest BCUT2D eigenvalue weighted by Crippen LogP contribution is -2.38. The molecule has 0 saturated carbocycles. The van der Waals surface area contributed by atoms with Crippen molar-refractivity contribution in [3.8, 4) is 17.2 Å². The number of hydrogen-bond donors (Lipinski definition) is 1. The van der Waals surface area contributed by atoms with Gasteiger partial charge >= 0.3 is 0 Å². The summed E-state index contributed by atoms with van der Waals surface area (Å²) in [5.41, 5.74) is 1.18. The Morgan fingerprint density at radius 3 is 2.38 bits per heavy atom. The van der Waals surface area contributed by atoms with Crippen molar-refractivity contribution in [3.05, 3.63) is 41.6 Å². The van der Waals surface area contributed by atoms with E-state index in [4.69, 9.17) is 14.2 Å². The molecule has 0 fully saturated rings. The first-order chi connectivity index (χ1) is 13.8. The van der Waals surface area contributed by atoms with Crippen LogP contribution in [0.4, 0.5) is 0 Å². The third-order valence-corrected chi connectivity index (χ3v) is 5.78. The second-order valence-corrected chi connectivity index (χ2v) is 8.26. The lowest BCUT2D eigenvalue weighted by Gasteiger charge is -2.27. The van der Waals surface area contributed by atoms with Gasteiger partial charge in [-0.15, -0.1) is 4.40 Å². The van der Waals surface area contributed by atoms with E-state index in [1.807, 2.05) is 6.92 Å². The maximum Gasteiger partial charge on any atom is 0.256 e. The molecule has 1 atom stereocenters. The number of ether oxygens (including phenoxy) is 3. The van der Waals surface area contributed by atoms with Crippen molar-refractivity contribution in [1.82, 2.24) is 10.2 Å². The van der Waals surface area contributed by atoms with E-state index >= 15 is 0 Å². The molecule has 1 amide bonds. The molecule has 2 aliphatic rings. The summed E-state index contributed by atoms with van der Waals surface area (Å²) < 4.78 is 42.9. The van der Waals surface area contributed by atoms with Gasteiger partial charge in [-0.1, -0.05) is 0 Å². The van der Waals surface area contributed by atoms with Gasteiger partial charge < -0.3 is 24.4 Å². The highest BCUT2D eigenvalue weighted by molar-refractivity contribution is 7.90. The van der Waals surface area contributed by atoms with Crippen LogP contribution in [0.15, 0.2) is 40.5 Å². The Bertz CT molecular complexity index is 988. The van der Waals surface area contributed by atoms with Gasteiger partial charge in [0.2, 0.25) is 5.75 Å². The SMILES string of the molecule is COc1cc([C@@H](C)NC(=O)C2=CN3CCS(=O)(=O)N=C3C=C2)cc(OC)c1OC. The Kier molecular flexibility index (Phi) is 5.83. The van der Waals surface area contributed by atoms with Crippen molar-refractivity contribution in [3.63, 3.8) is 0 Å². The zero-order chi connectivity index (χ0) is 21.2. The minimum Gasteiger partial charge on any atom is -0.493 e. The van der Waals surface area contributed by atoms with Crippen molar-refractivity contribution in [2.45, 2.75) is 13.0 Å². The molecular weight excluding hydrogens is 398 g/mol. The summed E-state index contributed by atoms with van der Waals surface area (Å²) in [6.45, 7) is 2.09. The van der Waals surface area contributed by atoms with Crippen LogP contribution >= 0.6 is 0 Å². The van der Waals surface area contributed by atoms with E-state index in [0.717, 1.165) is 5.56 Å². The molecule has 156 valence electrons. The fourth-order valence-electron chi connectivity index (χ4n) is 3.05. The van der Waals surface area contributed by atoms with Crippen LogP contribution in [-0.4, -0.2) is 58.7 Å². The summed E-state index contributed by atoms with van der Waals surface area (Å²) in [6.07, 6.45) is 4.67. The van der Waals surface area contributed by atoms with Crippen molar-refractivity contribution >= 4 is 21.8 Å². The molecule has 2 aliphatic heterocycles. The maximum atomic E-state index is 12.7. The van der Waals surface area contributed by atoms with Gasteiger partial charge in [-0.25, -0.2) is 8.42 Å². The Hall–Kier alpha value is -3.01. The molecule has 0 spiro atoms. The highest BCUT2D eigenvalue weighted by atomic mass is 32.2. The van der Waals surface area contributed by atoms with Crippen LogP contribution in [0.3, 0.4) is 0 Å². The summed E-state index contributed by atoms with van der Waals surface area (Å²) in [6, 6.07) is 3.21. The topological polar surface area (TPSA) is 107 Å². The number of methoxy groups -OCH3 is 3. The molecule has 29 heavy (non-hydrogen) atoms. The molecule has 3 rings (SSSR count). The van der Waals surface area contributed by atoms with E-state index in [9.17, 15) is 13.2 Å². The second kappa shape index (κ2) is 8.16. The monoisotopic (exact) mass is 421 g/mol. The van der Waals surface area contributed by atoms with Gasteiger partial charge in [0.1, 0.15) is 5.84 Å². The van der Waals surface area contributed by atoms with Crippen molar-refractivity contribution in [2.24, 2.45) is 4.40 Å². The van der Waals surface area contributed by atoms with E-state index in [1.54, 1.807) is 29.3 Å². The average Bonchev–Trinajstić information content (AvgIpc) is 2.71. The third-order valence-electron chi connectivity index (χ3n) is 4.62. The van der Waals surface area contributed by atoms with Crippen LogP contribution in [0.1, 0.15) is 18.5 Å². The number of nitrogens with zero attached hydrogens (tertiary/aromatic N) is 2. The van der Waals surface area contributed by atoms with E-state index in [0.29, 0.717) is 28.7 Å². The highest BCUT2D eigenvalue weighted by Crippen LogP contribution is 2.39. The molecule has 0 aromatic heterocycles. The predicted octanol–water partition coefficient (Wildman–Crippen LogP) is 1.39.